The minimum Gasteiger partial charge on any atom is -0.469 e. The Morgan fingerprint density at radius 1 is 1.05 bits per heavy atom. The molecule has 0 saturated carbocycles. The Hall–Kier alpha value is -0.690. The molecule has 0 aromatic heterocycles. The number of likely N-dealkylation sites (tertiary alicyclic amines) is 1. The van der Waals surface area contributed by atoms with Crippen molar-refractivity contribution >= 4 is 5.97 Å². The first-order valence-corrected chi connectivity index (χ1v) is 7.73. The lowest BCUT2D eigenvalue weighted by Crippen LogP contribution is -2.42. The van der Waals surface area contributed by atoms with Gasteiger partial charge in [0.25, 0.3) is 0 Å². The van der Waals surface area contributed by atoms with Crippen molar-refractivity contribution < 1.29 is 23.7 Å². The largest absolute Gasteiger partial charge is 0.469 e. The fourth-order valence-corrected chi connectivity index (χ4v) is 2.51. The predicted molar refractivity (Wildman–Crippen MR) is 79.4 cm³/mol. The fraction of sp³-hybridized carbons (Fsp3) is 0.933. The highest BCUT2D eigenvalue weighted by molar-refractivity contribution is 5.69. The van der Waals surface area contributed by atoms with Crippen LogP contribution in [-0.4, -0.2) is 77.3 Å². The highest BCUT2D eigenvalue weighted by Crippen LogP contribution is 2.19. The van der Waals surface area contributed by atoms with E-state index in [0.717, 1.165) is 19.5 Å². The first-order valence-electron chi connectivity index (χ1n) is 7.73. The van der Waals surface area contributed by atoms with Crippen molar-refractivity contribution in [2.24, 2.45) is 0 Å². The van der Waals surface area contributed by atoms with Gasteiger partial charge in [-0.2, -0.15) is 0 Å². The summed E-state index contributed by atoms with van der Waals surface area (Å²) in [5, 5.41) is 0. The minimum atomic E-state index is -0.126. The van der Waals surface area contributed by atoms with Crippen LogP contribution in [0.3, 0.4) is 0 Å². The summed E-state index contributed by atoms with van der Waals surface area (Å²) >= 11 is 0. The Morgan fingerprint density at radius 3 is 2.48 bits per heavy atom. The SMILES string of the molecule is COCCOCCOCCN1CCCCC1CC(=O)OC. The number of ether oxygens (including phenoxy) is 4. The third-order valence-electron chi connectivity index (χ3n) is 3.71. The van der Waals surface area contributed by atoms with Gasteiger partial charge >= 0.3 is 5.97 Å². The van der Waals surface area contributed by atoms with Crippen molar-refractivity contribution in [3.63, 3.8) is 0 Å². The van der Waals surface area contributed by atoms with Gasteiger partial charge in [0, 0.05) is 19.7 Å². The van der Waals surface area contributed by atoms with Crippen LogP contribution in [0.15, 0.2) is 0 Å². The zero-order valence-corrected chi connectivity index (χ0v) is 13.3. The summed E-state index contributed by atoms with van der Waals surface area (Å²) in [6.45, 7) is 4.98. The molecule has 21 heavy (non-hydrogen) atoms. The van der Waals surface area contributed by atoms with E-state index in [1.165, 1.54) is 20.0 Å². The van der Waals surface area contributed by atoms with Gasteiger partial charge < -0.3 is 18.9 Å². The van der Waals surface area contributed by atoms with Gasteiger partial charge in [-0.05, 0) is 19.4 Å². The van der Waals surface area contributed by atoms with Gasteiger partial charge in [0.1, 0.15) is 0 Å². The number of nitrogens with zero attached hydrogens (tertiary/aromatic N) is 1. The van der Waals surface area contributed by atoms with Crippen molar-refractivity contribution in [3.05, 3.63) is 0 Å². The Bertz CT molecular complexity index is 275. The van der Waals surface area contributed by atoms with E-state index in [-0.39, 0.29) is 5.97 Å². The van der Waals surface area contributed by atoms with Crippen LogP contribution in [0, 0.1) is 0 Å². The molecule has 6 heteroatoms. The second kappa shape index (κ2) is 11.9. The molecule has 0 spiro atoms. The molecule has 0 aliphatic carbocycles. The molecule has 0 aromatic rings. The van der Waals surface area contributed by atoms with Gasteiger partial charge in [-0.1, -0.05) is 6.42 Å². The quantitative estimate of drug-likeness (QED) is 0.420. The fourth-order valence-electron chi connectivity index (χ4n) is 2.51. The van der Waals surface area contributed by atoms with Gasteiger partial charge in [0.2, 0.25) is 0 Å². The first kappa shape index (κ1) is 18.4. The van der Waals surface area contributed by atoms with Gasteiger partial charge in [-0.15, -0.1) is 0 Å². The molecule has 1 aliphatic rings. The summed E-state index contributed by atoms with van der Waals surface area (Å²) in [5.74, 6) is -0.126. The summed E-state index contributed by atoms with van der Waals surface area (Å²) in [6.07, 6.45) is 3.93. The average molecular weight is 303 g/mol. The zero-order chi connectivity index (χ0) is 15.3. The van der Waals surface area contributed by atoms with Crippen molar-refractivity contribution in [1.29, 1.82) is 0 Å². The van der Waals surface area contributed by atoms with E-state index in [9.17, 15) is 4.79 Å². The van der Waals surface area contributed by atoms with Crippen LogP contribution in [0.4, 0.5) is 0 Å². The summed E-state index contributed by atoms with van der Waals surface area (Å²) in [4.78, 5) is 13.8. The van der Waals surface area contributed by atoms with Gasteiger partial charge in [-0.3, -0.25) is 9.69 Å². The number of carbonyl (C=O) groups is 1. The Kier molecular flexibility index (Phi) is 10.4. The van der Waals surface area contributed by atoms with E-state index in [1.54, 1.807) is 7.11 Å². The summed E-state index contributed by atoms with van der Waals surface area (Å²) in [5.41, 5.74) is 0. The summed E-state index contributed by atoms with van der Waals surface area (Å²) in [6, 6.07) is 0.299. The molecule has 1 aliphatic heterocycles. The number of carbonyl (C=O) groups excluding carboxylic acids is 1. The second-order valence-electron chi connectivity index (χ2n) is 5.18. The molecule has 0 aromatic carbocycles. The van der Waals surface area contributed by atoms with Crippen LogP contribution in [0.1, 0.15) is 25.7 Å². The molecule has 0 amide bonds. The molecule has 6 nitrogen and oxygen atoms in total. The summed E-state index contributed by atoms with van der Waals surface area (Å²) in [7, 11) is 3.10. The number of rotatable bonds is 11. The van der Waals surface area contributed by atoms with Gasteiger partial charge in [0.15, 0.2) is 0 Å². The molecule has 124 valence electrons. The Morgan fingerprint density at radius 2 is 1.76 bits per heavy atom. The zero-order valence-electron chi connectivity index (χ0n) is 13.3. The molecule has 1 fully saturated rings. The molecule has 0 N–H and O–H groups in total. The van der Waals surface area contributed by atoms with E-state index in [2.05, 4.69) is 4.90 Å². The molecular weight excluding hydrogens is 274 g/mol. The van der Waals surface area contributed by atoms with E-state index < -0.39 is 0 Å². The standard InChI is InChI=1S/C15H29NO5/c1-18-9-10-21-12-11-20-8-7-16-6-4-3-5-14(16)13-15(17)19-2/h14H,3-13H2,1-2H3. The van der Waals surface area contributed by atoms with Crippen LogP contribution in [-0.2, 0) is 23.7 Å². The number of hydrogen-bond donors (Lipinski definition) is 0. The van der Waals surface area contributed by atoms with Gasteiger partial charge in [-0.25, -0.2) is 0 Å². The summed E-state index contributed by atoms with van der Waals surface area (Å²) < 4.78 is 20.6. The van der Waals surface area contributed by atoms with Crippen molar-refractivity contribution in [2.75, 3.05) is 60.3 Å². The molecule has 1 saturated heterocycles. The van der Waals surface area contributed by atoms with E-state index in [4.69, 9.17) is 18.9 Å². The third kappa shape index (κ3) is 8.36. The molecule has 1 rings (SSSR count). The van der Waals surface area contributed by atoms with Crippen molar-refractivity contribution in [2.45, 2.75) is 31.7 Å². The van der Waals surface area contributed by atoms with Crippen molar-refractivity contribution in [1.82, 2.24) is 4.90 Å². The van der Waals surface area contributed by atoms with Crippen LogP contribution in [0.2, 0.25) is 0 Å². The maximum absolute atomic E-state index is 11.4. The molecular formula is C15H29NO5. The lowest BCUT2D eigenvalue weighted by molar-refractivity contribution is -0.142. The molecule has 1 heterocycles. The smallest absolute Gasteiger partial charge is 0.307 e. The number of methoxy groups -OCH3 is 2. The minimum absolute atomic E-state index is 0.126. The van der Waals surface area contributed by atoms with Crippen LogP contribution >= 0.6 is 0 Å². The van der Waals surface area contributed by atoms with E-state index in [1.807, 2.05) is 0 Å². The molecule has 1 unspecified atom stereocenters. The van der Waals surface area contributed by atoms with Crippen LogP contribution in [0.5, 0.6) is 0 Å². The highest BCUT2D eigenvalue weighted by atomic mass is 16.5. The topological polar surface area (TPSA) is 57.2 Å². The van der Waals surface area contributed by atoms with E-state index in [0.29, 0.717) is 45.5 Å². The van der Waals surface area contributed by atoms with Gasteiger partial charge in [0.05, 0.1) is 46.6 Å². The Labute approximate surface area is 127 Å². The third-order valence-corrected chi connectivity index (χ3v) is 3.71. The van der Waals surface area contributed by atoms with Crippen LogP contribution in [0.25, 0.3) is 0 Å². The molecule has 0 bridgehead atoms. The predicted octanol–water partition coefficient (Wildman–Crippen LogP) is 1.08. The van der Waals surface area contributed by atoms with Crippen molar-refractivity contribution in [3.8, 4) is 0 Å². The first-order chi connectivity index (χ1) is 10.3. The number of hydrogen-bond acceptors (Lipinski definition) is 6. The monoisotopic (exact) mass is 303 g/mol. The molecule has 0 radical (unpaired) electrons. The Balaban J connectivity index is 2.09. The number of piperidine rings is 1. The van der Waals surface area contributed by atoms with E-state index >= 15 is 0 Å². The lowest BCUT2D eigenvalue weighted by Gasteiger charge is -2.35. The maximum atomic E-state index is 11.4. The van der Waals surface area contributed by atoms with Crippen LogP contribution < -0.4 is 0 Å². The lowest BCUT2D eigenvalue weighted by atomic mass is 9.99. The normalized spacial score (nSPS) is 19.6. The highest BCUT2D eigenvalue weighted by Gasteiger charge is 2.24. The second-order valence-corrected chi connectivity index (χ2v) is 5.18. The maximum Gasteiger partial charge on any atom is 0.307 e. The molecule has 1 atom stereocenters. The average Bonchev–Trinajstić information content (AvgIpc) is 2.51. The number of esters is 1.